The zero-order chi connectivity index (χ0) is 11.8. The molecule has 2 bridgehead atoms. The van der Waals surface area contributed by atoms with Crippen LogP contribution in [0.3, 0.4) is 0 Å². The second-order valence-corrected chi connectivity index (χ2v) is 5.84. The molecule has 4 nitrogen and oxygen atoms in total. The second-order valence-electron chi connectivity index (χ2n) is 5.84. The zero-order valence-electron chi connectivity index (χ0n) is 10.3. The first-order valence-electron chi connectivity index (χ1n) is 6.95. The fraction of sp³-hybridized carbons (Fsp3) is 0.923. The fourth-order valence-corrected chi connectivity index (χ4v) is 3.37. The normalized spacial score (nSPS) is 37.1. The van der Waals surface area contributed by atoms with Crippen molar-refractivity contribution in [2.45, 2.75) is 69.2 Å². The number of aliphatic hydroxyl groups excluding tert-OH is 1. The number of rotatable bonds is 4. The van der Waals surface area contributed by atoms with Crippen LogP contribution in [-0.4, -0.2) is 46.7 Å². The van der Waals surface area contributed by atoms with Crippen LogP contribution in [-0.2, 0) is 4.79 Å². The van der Waals surface area contributed by atoms with Crippen molar-refractivity contribution in [3.05, 3.63) is 0 Å². The van der Waals surface area contributed by atoms with Gasteiger partial charge in [0.05, 0.1) is 6.10 Å². The number of hydrogen-bond donors (Lipinski definition) is 2. The summed E-state index contributed by atoms with van der Waals surface area (Å²) in [7, 11) is 0. The number of hydrogen-bond acceptors (Lipinski definition) is 3. The van der Waals surface area contributed by atoms with Crippen LogP contribution in [0, 0.1) is 0 Å². The van der Waals surface area contributed by atoms with E-state index in [-0.39, 0.29) is 12.0 Å². The van der Waals surface area contributed by atoms with Gasteiger partial charge in [0.25, 0.3) is 0 Å². The molecule has 0 aromatic heterocycles. The van der Waals surface area contributed by atoms with Crippen LogP contribution in [0.15, 0.2) is 0 Å². The van der Waals surface area contributed by atoms with Crippen molar-refractivity contribution in [3.63, 3.8) is 0 Å². The highest BCUT2D eigenvalue weighted by atomic mass is 16.3. The van der Waals surface area contributed by atoms with Gasteiger partial charge in [0, 0.05) is 31.1 Å². The van der Waals surface area contributed by atoms with E-state index in [0.29, 0.717) is 24.5 Å². The minimum atomic E-state index is -0.107. The van der Waals surface area contributed by atoms with Gasteiger partial charge in [-0.2, -0.15) is 0 Å². The van der Waals surface area contributed by atoms with Crippen molar-refractivity contribution < 1.29 is 9.90 Å². The van der Waals surface area contributed by atoms with Gasteiger partial charge in [0.1, 0.15) is 0 Å². The summed E-state index contributed by atoms with van der Waals surface area (Å²) in [5, 5.41) is 12.7. The maximum atomic E-state index is 11.6. The molecule has 0 aromatic rings. The molecule has 2 atom stereocenters. The molecule has 1 saturated carbocycles. The van der Waals surface area contributed by atoms with Crippen molar-refractivity contribution in [1.29, 1.82) is 0 Å². The first-order chi connectivity index (χ1) is 8.22. The topological polar surface area (TPSA) is 52.6 Å². The van der Waals surface area contributed by atoms with Gasteiger partial charge in [-0.15, -0.1) is 0 Å². The summed E-state index contributed by atoms with van der Waals surface area (Å²) in [6, 6.07) is 1.53. The predicted octanol–water partition coefficient (Wildman–Crippen LogP) is 0.643. The third-order valence-electron chi connectivity index (χ3n) is 4.40. The van der Waals surface area contributed by atoms with E-state index >= 15 is 0 Å². The Balaban J connectivity index is 1.47. The van der Waals surface area contributed by atoms with Crippen LogP contribution >= 0.6 is 0 Å². The summed E-state index contributed by atoms with van der Waals surface area (Å²) < 4.78 is 0. The molecular weight excluding hydrogens is 216 g/mol. The Morgan fingerprint density at radius 2 is 1.82 bits per heavy atom. The van der Waals surface area contributed by atoms with Crippen LogP contribution in [0.2, 0.25) is 0 Å². The maximum absolute atomic E-state index is 11.6. The lowest BCUT2D eigenvalue weighted by molar-refractivity contribution is -0.121. The van der Waals surface area contributed by atoms with Crippen molar-refractivity contribution >= 4 is 5.91 Å². The molecule has 4 heteroatoms. The second kappa shape index (κ2) is 4.58. The smallest absolute Gasteiger partial charge is 0.221 e. The van der Waals surface area contributed by atoms with E-state index in [4.69, 9.17) is 0 Å². The Morgan fingerprint density at radius 1 is 1.18 bits per heavy atom. The Hall–Kier alpha value is -0.610. The van der Waals surface area contributed by atoms with Crippen LogP contribution in [0.5, 0.6) is 0 Å². The summed E-state index contributed by atoms with van der Waals surface area (Å²) in [5.74, 6) is 0.207. The van der Waals surface area contributed by atoms with Gasteiger partial charge >= 0.3 is 0 Å². The lowest BCUT2D eigenvalue weighted by atomic mass is 10.00. The number of carbonyl (C=O) groups is 1. The minimum Gasteiger partial charge on any atom is -0.393 e. The SMILES string of the molecule is O=C(CCN1C2CCC1CC(O)C2)NC1CC1. The number of piperidine rings is 1. The Morgan fingerprint density at radius 3 is 2.41 bits per heavy atom. The highest BCUT2D eigenvalue weighted by Gasteiger charge is 2.39. The van der Waals surface area contributed by atoms with E-state index < -0.39 is 0 Å². The standard InChI is InChI=1S/C13H22N2O2/c16-12-7-10-3-4-11(8-12)15(10)6-5-13(17)14-9-1-2-9/h9-12,16H,1-8H2,(H,14,17). The van der Waals surface area contributed by atoms with E-state index in [0.717, 1.165) is 32.2 Å². The Kier molecular flexibility index (Phi) is 3.09. The Bertz CT molecular complexity index is 290. The van der Waals surface area contributed by atoms with E-state index in [1.165, 1.54) is 12.8 Å². The molecule has 96 valence electrons. The number of nitrogens with one attached hydrogen (secondary N) is 1. The molecule has 3 rings (SSSR count). The molecule has 0 radical (unpaired) electrons. The molecular formula is C13H22N2O2. The Labute approximate surface area is 102 Å². The van der Waals surface area contributed by atoms with Gasteiger partial charge in [-0.05, 0) is 38.5 Å². The molecule has 3 aliphatic rings. The number of aliphatic hydroxyl groups is 1. The van der Waals surface area contributed by atoms with Gasteiger partial charge in [0.2, 0.25) is 5.91 Å². The van der Waals surface area contributed by atoms with E-state index in [1.54, 1.807) is 0 Å². The molecule has 1 aliphatic carbocycles. The monoisotopic (exact) mass is 238 g/mol. The molecule has 2 unspecified atom stereocenters. The first kappa shape index (κ1) is 11.5. The van der Waals surface area contributed by atoms with Gasteiger partial charge in [-0.25, -0.2) is 0 Å². The van der Waals surface area contributed by atoms with E-state index in [1.807, 2.05) is 0 Å². The predicted molar refractivity (Wildman–Crippen MR) is 64.5 cm³/mol. The van der Waals surface area contributed by atoms with Gasteiger partial charge < -0.3 is 10.4 Å². The van der Waals surface area contributed by atoms with Crippen molar-refractivity contribution in [1.82, 2.24) is 10.2 Å². The number of fused-ring (bicyclic) bond motifs is 2. The summed E-state index contributed by atoms with van der Waals surface area (Å²) in [6.07, 6.45) is 7.04. The van der Waals surface area contributed by atoms with Crippen molar-refractivity contribution in [3.8, 4) is 0 Å². The van der Waals surface area contributed by atoms with Gasteiger partial charge in [-0.3, -0.25) is 9.69 Å². The molecule has 3 fully saturated rings. The van der Waals surface area contributed by atoms with Gasteiger partial charge in [-0.1, -0.05) is 0 Å². The molecule has 17 heavy (non-hydrogen) atoms. The number of carbonyl (C=O) groups excluding carboxylic acids is 1. The summed E-state index contributed by atoms with van der Waals surface area (Å²) in [6.45, 7) is 0.876. The number of nitrogens with zero attached hydrogens (tertiary/aromatic N) is 1. The maximum Gasteiger partial charge on any atom is 0.221 e. The lowest BCUT2D eigenvalue weighted by Crippen LogP contribution is -2.46. The van der Waals surface area contributed by atoms with Crippen LogP contribution in [0.1, 0.15) is 44.9 Å². The lowest BCUT2D eigenvalue weighted by Gasteiger charge is -2.36. The molecule has 2 saturated heterocycles. The summed E-state index contributed by atoms with van der Waals surface area (Å²) in [5.41, 5.74) is 0. The quantitative estimate of drug-likeness (QED) is 0.756. The first-order valence-corrected chi connectivity index (χ1v) is 6.95. The van der Waals surface area contributed by atoms with Crippen molar-refractivity contribution in [2.24, 2.45) is 0 Å². The molecule has 1 amide bonds. The van der Waals surface area contributed by atoms with Crippen molar-refractivity contribution in [2.75, 3.05) is 6.54 Å². The van der Waals surface area contributed by atoms with Crippen LogP contribution in [0.25, 0.3) is 0 Å². The third-order valence-corrected chi connectivity index (χ3v) is 4.40. The van der Waals surface area contributed by atoms with E-state index in [2.05, 4.69) is 10.2 Å². The highest BCUT2D eigenvalue weighted by Crippen LogP contribution is 2.35. The summed E-state index contributed by atoms with van der Waals surface area (Å²) >= 11 is 0. The number of amides is 1. The van der Waals surface area contributed by atoms with Crippen LogP contribution < -0.4 is 5.32 Å². The average molecular weight is 238 g/mol. The van der Waals surface area contributed by atoms with Gasteiger partial charge in [0.15, 0.2) is 0 Å². The molecule has 2 N–H and O–H groups in total. The average Bonchev–Trinajstić information content (AvgIpc) is 3.04. The third kappa shape index (κ3) is 2.63. The largest absolute Gasteiger partial charge is 0.393 e. The molecule has 0 spiro atoms. The molecule has 0 aromatic carbocycles. The minimum absolute atomic E-state index is 0.107. The summed E-state index contributed by atoms with van der Waals surface area (Å²) in [4.78, 5) is 14.1. The van der Waals surface area contributed by atoms with E-state index in [9.17, 15) is 9.90 Å². The molecule has 2 aliphatic heterocycles. The fourth-order valence-electron chi connectivity index (χ4n) is 3.37. The zero-order valence-corrected chi connectivity index (χ0v) is 10.3. The van der Waals surface area contributed by atoms with Crippen LogP contribution in [0.4, 0.5) is 0 Å². The molecule has 2 heterocycles. The highest BCUT2D eigenvalue weighted by molar-refractivity contribution is 5.76.